The van der Waals surface area contributed by atoms with Gasteiger partial charge in [0.1, 0.15) is 0 Å². The first-order chi connectivity index (χ1) is 15.2. The first kappa shape index (κ1) is 26.6. The summed E-state index contributed by atoms with van der Waals surface area (Å²) in [4.78, 5) is 4.06. The Balaban J connectivity index is 1.91. The van der Waals surface area contributed by atoms with Gasteiger partial charge in [0.15, 0.2) is 0 Å². The summed E-state index contributed by atoms with van der Waals surface area (Å²) in [5.41, 5.74) is 6.40. The summed E-state index contributed by atoms with van der Waals surface area (Å²) in [5, 5.41) is 25.6. The van der Waals surface area contributed by atoms with Crippen LogP contribution >= 0.6 is 0 Å². The molecule has 0 atom stereocenters. The van der Waals surface area contributed by atoms with Crippen molar-refractivity contribution in [1.82, 2.24) is 37.2 Å². The van der Waals surface area contributed by atoms with Crippen molar-refractivity contribution in [2.45, 2.75) is 43.2 Å². The van der Waals surface area contributed by atoms with E-state index in [-0.39, 0.29) is 11.1 Å². The first-order valence-corrected chi connectivity index (χ1v) is 12.4. The second kappa shape index (κ2) is 16.0. The molecule has 182 valence electrons. The molecule has 3 rings (SSSR count). The minimum atomic E-state index is -0.275. The fraction of sp³-hybridized carbons (Fsp3) is 0.955. The van der Waals surface area contributed by atoms with Gasteiger partial charge in [0.2, 0.25) is 0 Å². The number of nitrogens with two attached hydrogens (primary N) is 1. The lowest BCUT2D eigenvalue weighted by molar-refractivity contribution is 0.269. The molecule has 0 aromatic carbocycles. The third-order valence-electron chi connectivity index (χ3n) is 6.20. The number of fused-ring (bicyclic) bond motifs is 15. The predicted molar refractivity (Wildman–Crippen MR) is 132 cm³/mol. The van der Waals surface area contributed by atoms with Crippen molar-refractivity contribution < 1.29 is 0 Å². The molecule has 2 bridgehead atoms. The van der Waals surface area contributed by atoms with Crippen LogP contribution in [0.3, 0.4) is 0 Å². The Bertz CT molecular complexity index is 428. The van der Waals surface area contributed by atoms with E-state index in [1.54, 1.807) is 0 Å². The number of hydrogen-bond acceptors (Lipinski definition) is 9. The molecule has 0 aromatic rings. The molecule has 3 saturated heterocycles. The normalized spacial score (nSPS) is 30.3. The summed E-state index contributed by atoms with van der Waals surface area (Å²) >= 11 is 0. The van der Waals surface area contributed by atoms with Crippen molar-refractivity contribution >= 4 is 6.21 Å². The maximum Gasteiger partial charge on any atom is 0.0558 e. The quantitative estimate of drug-likeness (QED) is 0.165. The van der Waals surface area contributed by atoms with E-state index in [0.717, 1.165) is 91.5 Å². The maximum absolute atomic E-state index is 6.67. The Hall–Kier alpha value is -0.650. The van der Waals surface area contributed by atoms with E-state index in [1.165, 1.54) is 25.7 Å². The smallest absolute Gasteiger partial charge is 0.0558 e. The van der Waals surface area contributed by atoms with Crippen molar-refractivity contribution in [3.8, 4) is 0 Å². The van der Waals surface area contributed by atoms with E-state index in [9.17, 15) is 0 Å². The Morgan fingerprint density at radius 3 is 1.65 bits per heavy atom. The van der Waals surface area contributed by atoms with Crippen LogP contribution in [-0.2, 0) is 0 Å². The van der Waals surface area contributed by atoms with Gasteiger partial charge in [-0.2, -0.15) is 0 Å². The third kappa shape index (κ3) is 11.7. The van der Waals surface area contributed by atoms with E-state index in [1.807, 2.05) is 13.3 Å². The number of nitrogens with zero attached hydrogens (tertiary/aromatic N) is 1. The van der Waals surface area contributed by atoms with Crippen molar-refractivity contribution in [1.29, 1.82) is 0 Å². The van der Waals surface area contributed by atoms with E-state index in [2.05, 4.69) is 42.2 Å². The van der Waals surface area contributed by atoms with Gasteiger partial charge < -0.3 is 47.9 Å². The average Bonchev–Trinajstić information content (AvgIpc) is 2.76. The number of hydrogen-bond donors (Lipinski definition) is 8. The lowest BCUT2D eigenvalue weighted by atomic mass is 9.97. The zero-order valence-electron chi connectivity index (χ0n) is 19.8. The molecule has 0 aromatic heterocycles. The highest BCUT2D eigenvalue weighted by Crippen LogP contribution is 2.06. The fourth-order valence-electron chi connectivity index (χ4n) is 4.28. The van der Waals surface area contributed by atoms with Gasteiger partial charge in [-0.15, -0.1) is 0 Å². The van der Waals surface area contributed by atoms with Crippen LogP contribution in [-0.4, -0.2) is 109 Å². The molecular formula is C22H49N9. The summed E-state index contributed by atoms with van der Waals surface area (Å²) in [5.74, 6) is 0. The van der Waals surface area contributed by atoms with E-state index < -0.39 is 0 Å². The topological polar surface area (TPSA) is 123 Å². The largest absolute Gasteiger partial charge is 0.322 e. The van der Waals surface area contributed by atoms with Gasteiger partial charge >= 0.3 is 0 Å². The van der Waals surface area contributed by atoms with Gasteiger partial charge in [-0.05, 0) is 32.0 Å². The molecule has 9 heteroatoms. The summed E-state index contributed by atoms with van der Waals surface area (Å²) in [6, 6.07) is 0. The van der Waals surface area contributed by atoms with Crippen LogP contribution in [0.15, 0.2) is 4.99 Å². The molecular weight excluding hydrogens is 390 g/mol. The number of unbranched alkanes of at least 4 members (excludes halogenated alkanes) is 4. The molecule has 9 nitrogen and oxygen atoms in total. The van der Waals surface area contributed by atoms with Crippen LogP contribution in [0, 0.1) is 0 Å². The second-order valence-electron chi connectivity index (χ2n) is 9.27. The van der Waals surface area contributed by atoms with Crippen LogP contribution in [0.4, 0.5) is 0 Å². The van der Waals surface area contributed by atoms with E-state index >= 15 is 0 Å². The molecule has 0 radical (unpaired) electrons. The van der Waals surface area contributed by atoms with Crippen molar-refractivity contribution in [3.05, 3.63) is 0 Å². The van der Waals surface area contributed by atoms with Crippen LogP contribution < -0.4 is 43.0 Å². The molecule has 0 spiro atoms. The second-order valence-corrected chi connectivity index (χ2v) is 9.27. The molecule has 3 heterocycles. The molecule has 9 N–H and O–H groups in total. The zero-order valence-corrected chi connectivity index (χ0v) is 19.8. The van der Waals surface area contributed by atoms with Crippen LogP contribution in [0.2, 0.25) is 0 Å². The maximum atomic E-state index is 6.67. The minimum Gasteiger partial charge on any atom is -0.322 e. The predicted octanol–water partition coefficient (Wildman–Crippen LogP) is -1.77. The van der Waals surface area contributed by atoms with Gasteiger partial charge in [-0.3, -0.25) is 0 Å². The summed E-state index contributed by atoms with van der Waals surface area (Å²) in [6.07, 6.45) is 8.14. The highest BCUT2D eigenvalue weighted by Gasteiger charge is 2.29. The lowest BCUT2D eigenvalue weighted by Crippen LogP contribution is -2.66. The Kier molecular flexibility index (Phi) is 13.8. The first-order valence-electron chi connectivity index (χ1n) is 12.4. The fourth-order valence-corrected chi connectivity index (χ4v) is 4.28. The SMILES string of the molecule is CN=CCCCCCCNC12CNCCNCC(N)(CNCCNC1)CNCCNC2. The molecule has 31 heavy (non-hydrogen) atoms. The Morgan fingerprint density at radius 1 is 0.710 bits per heavy atom. The number of rotatable bonds is 8. The van der Waals surface area contributed by atoms with Crippen LogP contribution in [0.5, 0.6) is 0 Å². The lowest BCUT2D eigenvalue weighted by Gasteiger charge is -2.37. The molecule has 3 aliphatic rings. The monoisotopic (exact) mass is 439 g/mol. The van der Waals surface area contributed by atoms with Gasteiger partial charge in [-0.1, -0.05) is 12.8 Å². The summed E-state index contributed by atoms with van der Waals surface area (Å²) in [6.45, 7) is 11.9. The van der Waals surface area contributed by atoms with Crippen molar-refractivity contribution in [2.75, 3.05) is 92.1 Å². The summed E-state index contributed by atoms with van der Waals surface area (Å²) in [7, 11) is 1.85. The number of aliphatic imine (C=N–C) groups is 1. The average molecular weight is 440 g/mol. The Labute approximate surface area is 189 Å². The van der Waals surface area contributed by atoms with Crippen LogP contribution in [0.1, 0.15) is 32.1 Å². The van der Waals surface area contributed by atoms with Gasteiger partial charge in [0.05, 0.1) is 11.1 Å². The highest BCUT2D eigenvalue weighted by atomic mass is 15.1. The number of nitrogens with one attached hydrogen (secondary N) is 7. The van der Waals surface area contributed by atoms with Crippen molar-refractivity contribution in [2.24, 2.45) is 10.7 Å². The standard InChI is InChI=1S/C22H49N9/c1-24-7-5-3-2-4-6-8-31-22-18-28-12-9-25-15-21(23,16-26-10-13-29-19-22)17-27-11-14-30-20-22/h7,25-31H,2-6,8-20,23H2,1H3. The minimum absolute atomic E-state index is 0.000722. The van der Waals surface area contributed by atoms with Crippen LogP contribution in [0.25, 0.3) is 0 Å². The zero-order chi connectivity index (χ0) is 22.1. The van der Waals surface area contributed by atoms with Gasteiger partial charge in [0, 0.05) is 85.6 Å². The molecule has 3 aliphatic heterocycles. The highest BCUT2D eigenvalue weighted by molar-refractivity contribution is 5.56. The molecule has 0 aliphatic carbocycles. The van der Waals surface area contributed by atoms with Gasteiger partial charge in [-0.25, -0.2) is 0 Å². The molecule has 3 fully saturated rings. The van der Waals surface area contributed by atoms with Gasteiger partial charge in [0.25, 0.3) is 0 Å². The molecule has 0 saturated carbocycles. The molecule has 0 unspecified atom stereocenters. The third-order valence-corrected chi connectivity index (χ3v) is 6.20. The van der Waals surface area contributed by atoms with Crippen molar-refractivity contribution in [3.63, 3.8) is 0 Å². The van der Waals surface area contributed by atoms with E-state index in [0.29, 0.717) is 0 Å². The Morgan fingerprint density at radius 2 is 1.16 bits per heavy atom. The summed E-state index contributed by atoms with van der Waals surface area (Å²) < 4.78 is 0. The van der Waals surface area contributed by atoms with E-state index in [4.69, 9.17) is 5.73 Å². The molecule has 0 amide bonds.